The van der Waals surface area contributed by atoms with Gasteiger partial charge < -0.3 is 19.5 Å². The van der Waals surface area contributed by atoms with Gasteiger partial charge in [0, 0.05) is 49.2 Å². The van der Waals surface area contributed by atoms with E-state index in [0.29, 0.717) is 35.7 Å². The lowest BCUT2D eigenvalue weighted by molar-refractivity contribution is -0.136. The number of aryl methyl sites for hydroxylation is 1. The van der Waals surface area contributed by atoms with Gasteiger partial charge in [-0.3, -0.25) is 9.78 Å². The number of hydrogen-bond donors (Lipinski definition) is 1. The molecule has 2 fully saturated rings. The van der Waals surface area contributed by atoms with Crippen LogP contribution < -0.4 is 9.64 Å². The van der Waals surface area contributed by atoms with Crippen molar-refractivity contribution in [3.05, 3.63) is 76.9 Å². The Labute approximate surface area is 257 Å². The van der Waals surface area contributed by atoms with Crippen molar-refractivity contribution in [2.45, 2.75) is 71.8 Å². The van der Waals surface area contributed by atoms with E-state index in [1.807, 2.05) is 31.2 Å². The zero-order chi connectivity index (χ0) is 31.5. The third-order valence-corrected chi connectivity index (χ3v) is 8.79. The van der Waals surface area contributed by atoms with Gasteiger partial charge >= 0.3 is 5.97 Å². The standard InChI is InChI=1S/C35H41F3N2O4/c1-23-29(18-31(41)42)33(40-15-13-34(2,3)14-16-40)32(30(39-23)22-43-21-25-19-35(37,38)20-25)26-6-10-28(11-7-26)44-17-12-24-4-8-27(36)9-5-24/h4-11,25H,12-22H2,1-3H3,(H,41,42). The molecule has 236 valence electrons. The van der Waals surface area contributed by atoms with Gasteiger partial charge in [-0.05, 0) is 66.5 Å². The summed E-state index contributed by atoms with van der Waals surface area (Å²) < 4.78 is 52.0. The van der Waals surface area contributed by atoms with E-state index in [4.69, 9.17) is 14.5 Å². The van der Waals surface area contributed by atoms with Crippen LogP contribution >= 0.6 is 0 Å². The first-order valence-corrected chi connectivity index (χ1v) is 15.3. The SMILES string of the molecule is Cc1nc(COCC2CC(F)(F)C2)c(-c2ccc(OCCc3ccc(F)cc3)cc2)c(N2CCC(C)(C)CC2)c1CC(=O)O. The van der Waals surface area contributed by atoms with Gasteiger partial charge in [0.05, 0.1) is 37.6 Å². The van der Waals surface area contributed by atoms with Crippen molar-refractivity contribution in [2.24, 2.45) is 11.3 Å². The van der Waals surface area contributed by atoms with E-state index in [2.05, 4.69) is 18.7 Å². The van der Waals surface area contributed by atoms with Crippen LogP contribution in [0.3, 0.4) is 0 Å². The van der Waals surface area contributed by atoms with Crippen LogP contribution in [0, 0.1) is 24.1 Å². The average molecular weight is 611 g/mol. The summed E-state index contributed by atoms with van der Waals surface area (Å²) in [4.78, 5) is 19.1. The van der Waals surface area contributed by atoms with E-state index in [1.165, 1.54) is 12.1 Å². The molecule has 0 radical (unpaired) electrons. The Morgan fingerprint density at radius 2 is 1.70 bits per heavy atom. The second-order valence-electron chi connectivity index (χ2n) is 13.0. The molecular formula is C35H41F3N2O4. The number of piperidine rings is 1. The van der Waals surface area contributed by atoms with Gasteiger partial charge in [-0.1, -0.05) is 38.1 Å². The summed E-state index contributed by atoms with van der Waals surface area (Å²) in [6, 6.07) is 14.0. The number of carboxylic acids is 1. The molecule has 1 N–H and O–H groups in total. The number of halogens is 3. The molecule has 1 aliphatic heterocycles. The lowest BCUT2D eigenvalue weighted by atomic mass is 9.82. The number of ether oxygens (including phenoxy) is 2. The molecule has 9 heteroatoms. The lowest BCUT2D eigenvalue weighted by Gasteiger charge is -2.40. The van der Waals surface area contributed by atoms with Crippen molar-refractivity contribution in [1.29, 1.82) is 0 Å². The third kappa shape index (κ3) is 7.92. The van der Waals surface area contributed by atoms with Gasteiger partial charge in [0.2, 0.25) is 5.92 Å². The first kappa shape index (κ1) is 31.8. The van der Waals surface area contributed by atoms with Crippen LogP contribution in [0.4, 0.5) is 18.9 Å². The predicted molar refractivity (Wildman–Crippen MR) is 164 cm³/mol. The first-order valence-electron chi connectivity index (χ1n) is 15.3. The van der Waals surface area contributed by atoms with Crippen LogP contribution in [0.15, 0.2) is 48.5 Å². The molecule has 3 aromatic rings. The van der Waals surface area contributed by atoms with Gasteiger partial charge in [0.25, 0.3) is 0 Å². The number of nitrogens with zero attached hydrogens (tertiary/aromatic N) is 2. The van der Waals surface area contributed by atoms with Crippen molar-refractivity contribution < 1.29 is 32.5 Å². The van der Waals surface area contributed by atoms with E-state index in [-0.39, 0.29) is 49.6 Å². The molecule has 44 heavy (non-hydrogen) atoms. The minimum atomic E-state index is -2.61. The van der Waals surface area contributed by atoms with Crippen molar-refractivity contribution in [1.82, 2.24) is 4.98 Å². The van der Waals surface area contributed by atoms with Gasteiger partial charge in [0.15, 0.2) is 0 Å². The smallest absolute Gasteiger partial charge is 0.307 e. The Kier molecular flexibility index (Phi) is 9.53. The van der Waals surface area contributed by atoms with Crippen LogP contribution in [-0.4, -0.2) is 48.3 Å². The molecule has 0 spiro atoms. The van der Waals surface area contributed by atoms with E-state index in [1.54, 1.807) is 12.1 Å². The minimum absolute atomic E-state index is 0.133. The Morgan fingerprint density at radius 1 is 1.05 bits per heavy atom. The second-order valence-corrected chi connectivity index (χ2v) is 13.0. The molecular weight excluding hydrogens is 569 g/mol. The van der Waals surface area contributed by atoms with Gasteiger partial charge in [-0.2, -0.15) is 0 Å². The van der Waals surface area contributed by atoms with Crippen LogP contribution in [0.25, 0.3) is 11.1 Å². The minimum Gasteiger partial charge on any atom is -0.493 e. The van der Waals surface area contributed by atoms with Gasteiger partial charge in [0.1, 0.15) is 11.6 Å². The number of rotatable bonds is 12. The monoisotopic (exact) mass is 610 g/mol. The topological polar surface area (TPSA) is 71.9 Å². The number of benzene rings is 2. The van der Waals surface area contributed by atoms with Crippen molar-refractivity contribution in [3.8, 4) is 16.9 Å². The predicted octanol–water partition coefficient (Wildman–Crippen LogP) is 7.63. The zero-order valence-electron chi connectivity index (χ0n) is 25.7. The number of carboxylic acid groups (broad SMARTS) is 1. The average Bonchev–Trinajstić information content (AvgIpc) is 2.95. The lowest BCUT2D eigenvalue weighted by Crippen LogP contribution is -2.38. The van der Waals surface area contributed by atoms with Crippen molar-refractivity contribution >= 4 is 11.7 Å². The molecule has 2 heterocycles. The van der Waals surface area contributed by atoms with E-state index in [0.717, 1.165) is 48.3 Å². The molecule has 0 amide bonds. The summed E-state index contributed by atoms with van der Waals surface area (Å²) in [6.07, 6.45) is 2.06. The van der Waals surface area contributed by atoms with E-state index in [9.17, 15) is 23.1 Å². The fourth-order valence-electron chi connectivity index (χ4n) is 6.12. The molecule has 2 aromatic carbocycles. The number of anilines is 1. The maximum atomic E-state index is 13.4. The Morgan fingerprint density at radius 3 is 2.32 bits per heavy atom. The third-order valence-electron chi connectivity index (χ3n) is 8.79. The molecule has 0 bridgehead atoms. The normalized spacial score (nSPS) is 17.7. The fourth-order valence-corrected chi connectivity index (χ4v) is 6.12. The highest BCUT2D eigenvalue weighted by atomic mass is 19.3. The first-order chi connectivity index (χ1) is 20.9. The summed E-state index contributed by atoms with van der Waals surface area (Å²) in [5.41, 5.74) is 5.65. The summed E-state index contributed by atoms with van der Waals surface area (Å²) >= 11 is 0. The summed E-state index contributed by atoms with van der Waals surface area (Å²) in [5.74, 6) is -3.32. The summed E-state index contributed by atoms with van der Waals surface area (Å²) in [5, 5.41) is 9.85. The Balaban J connectivity index is 1.44. The number of aliphatic carboxylic acids is 1. The molecule has 2 aliphatic rings. The quantitative estimate of drug-likeness (QED) is 0.227. The molecule has 6 nitrogen and oxygen atoms in total. The number of alkyl halides is 2. The van der Waals surface area contributed by atoms with Gasteiger partial charge in [-0.25, -0.2) is 13.2 Å². The highest BCUT2D eigenvalue weighted by molar-refractivity contribution is 5.86. The Bertz CT molecular complexity index is 1440. The van der Waals surface area contributed by atoms with E-state index < -0.39 is 11.9 Å². The molecule has 1 saturated carbocycles. The van der Waals surface area contributed by atoms with Crippen LogP contribution in [-0.2, 0) is 29.0 Å². The van der Waals surface area contributed by atoms with Crippen molar-refractivity contribution in [3.63, 3.8) is 0 Å². The number of aromatic nitrogens is 1. The van der Waals surface area contributed by atoms with Crippen molar-refractivity contribution in [2.75, 3.05) is 31.2 Å². The maximum absolute atomic E-state index is 13.4. The van der Waals surface area contributed by atoms with Crippen LogP contribution in [0.1, 0.15) is 62.0 Å². The number of pyridine rings is 1. The molecule has 0 atom stereocenters. The van der Waals surface area contributed by atoms with E-state index >= 15 is 0 Å². The fraction of sp³-hybridized carbons (Fsp3) is 0.486. The highest BCUT2D eigenvalue weighted by Crippen LogP contribution is 2.44. The zero-order valence-corrected chi connectivity index (χ0v) is 25.7. The molecule has 1 aromatic heterocycles. The number of carbonyl (C=O) groups is 1. The summed E-state index contributed by atoms with van der Waals surface area (Å²) in [6.45, 7) is 8.66. The molecule has 5 rings (SSSR count). The molecule has 1 saturated heterocycles. The van der Waals surface area contributed by atoms with Crippen LogP contribution in [0.5, 0.6) is 5.75 Å². The second kappa shape index (κ2) is 13.2. The molecule has 0 unspecified atom stereocenters. The maximum Gasteiger partial charge on any atom is 0.307 e. The largest absolute Gasteiger partial charge is 0.493 e. The summed E-state index contributed by atoms with van der Waals surface area (Å²) in [7, 11) is 0. The highest BCUT2D eigenvalue weighted by Gasteiger charge is 2.45. The van der Waals surface area contributed by atoms with Crippen LogP contribution in [0.2, 0.25) is 0 Å². The Hall–Kier alpha value is -3.59. The molecule has 1 aliphatic carbocycles. The van der Waals surface area contributed by atoms with Gasteiger partial charge in [-0.15, -0.1) is 0 Å². The number of hydrogen-bond acceptors (Lipinski definition) is 5.